The van der Waals surface area contributed by atoms with E-state index < -0.39 is 0 Å². The molecular weight excluding hydrogens is 504 g/mol. The van der Waals surface area contributed by atoms with Crippen molar-refractivity contribution in [3.8, 4) is 66.8 Å². The predicted octanol–water partition coefficient (Wildman–Crippen LogP) is 11.8. The van der Waals surface area contributed by atoms with Gasteiger partial charge in [-0.25, -0.2) is 0 Å². The molecule has 42 heavy (non-hydrogen) atoms. The molecule has 0 aliphatic heterocycles. The topological polar surface area (TPSA) is 0 Å². The molecule has 10 rings (SSSR count). The SMILES string of the molecule is c1ccc2c(c1)-c1cccc3ccc(-c4ccc5ccccc5c4-c4ccc5cccc6c5c4-c4ccccc4-6)c-2c13. The lowest BCUT2D eigenvalue weighted by atomic mass is 9.83. The van der Waals surface area contributed by atoms with E-state index in [1.807, 2.05) is 0 Å². The maximum absolute atomic E-state index is 2.37. The Bertz CT molecular complexity index is 2460. The molecule has 0 unspecified atom stereocenters. The zero-order valence-corrected chi connectivity index (χ0v) is 22.9. The quantitative estimate of drug-likeness (QED) is 0.209. The van der Waals surface area contributed by atoms with Crippen molar-refractivity contribution in [2.45, 2.75) is 0 Å². The molecule has 2 aliphatic carbocycles. The van der Waals surface area contributed by atoms with Gasteiger partial charge in [0, 0.05) is 0 Å². The van der Waals surface area contributed by atoms with E-state index in [1.54, 1.807) is 0 Å². The Morgan fingerprint density at radius 3 is 1.29 bits per heavy atom. The molecule has 8 aromatic rings. The van der Waals surface area contributed by atoms with Crippen LogP contribution in [0.15, 0.2) is 146 Å². The highest BCUT2D eigenvalue weighted by molar-refractivity contribution is 6.24. The van der Waals surface area contributed by atoms with E-state index in [-0.39, 0.29) is 0 Å². The molecule has 0 bridgehead atoms. The Morgan fingerprint density at radius 1 is 0.214 bits per heavy atom. The second-order valence-electron chi connectivity index (χ2n) is 11.6. The summed E-state index contributed by atoms with van der Waals surface area (Å²) in [5, 5.41) is 7.89. The lowest BCUT2D eigenvalue weighted by Crippen LogP contribution is -1.93. The van der Waals surface area contributed by atoms with Crippen LogP contribution in [-0.4, -0.2) is 0 Å². The Balaban J connectivity index is 1.38. The van der Waals surface area contributed by atoms with Gasteiger partial charge in [-0.05, 0) is 99.1 Å². The van der Waals surface area contributed by atoms with Crippen LogP contribution in [0.2, 0.25) is 0 Å². The number of fused-ring (bicyclic) bond motifs is 7. The van der Waals surface area contributed by atoms with Gasteiger partial charge in [0.25, 0.3) is 0 Å². The summed E-state index contributed by atoms with van der Waals surface area (Å²) >= 11 is 0. The predicted molar refractivity (Wildman–Crippen MR) is 179 cm³/mol. The lowest BCUT2D eigenvalue weighted by Gasteiger charge is -2.20. The smallest absolute Gasteiger partial charge is 0.00139 e. The van der Waals surface area contributed by atoms with Crippen LogP contribution in [0.5, 0.6) is 0 Å². The first kappa shape index (κ1) is 22.3. The fourth-order valence-corrected chi connectivity index (χ4v) is 7.86. The van der Waals surface area contributed by atoms with Crippen LogP contribution >= 0.6 is 0 Å². The first-order valence-electron chi connectivity index (χ1n) is 14.7. The highest BCUT2D eigenvalue weighted by Gasteiger charge is 2.28. The minimum Gasteiger partial charge on any atom is -0.0616 e. The van der Waals surface area contributed by atoms with Crippen LogP contribution in [0.1, 0.15) is 0 Å². The molecule has 0 nitrogen and oxygen atoms in total. The average Bonchev–Trinajstić information content (AvgIpc) is 3.58. The second kappa shape index (κ2) is 8.06. The van der Waals surface area contributed by atoms with Gasteiger partial charge in [0.2, 0.25) is 0 Å². The van der Waals surface area contributed by atoms with Crippen molar-refractivity contribution in [3.05, 3.63) is 146 Å². The van der Waals surface area contributed by atoms with E-state index in [0.717, 1.165) is 0 Å². The monoisotopic (exact) mass is 528 g/mol. The first-order valence-corrected chi connectivity index (χ1v) is 14.7. The molecule has 0 atom stereocenters. The number of rotatable bonds is 2. The molecule has 0 heteroatoms. The molecule has 0 N–H and O–H groups in total. The van der Waals surface area contributed by atoms with Crippen molar-refractivity contribution < 1.29 is 0 Å². The van der Waals surface area contributed by atoms with Crippen molar-refractivity contribution in [1.29, 1.82) is 0 Å². The van der Waals surface area contributed by atoms with Gasteiger partial charge in [0.15, 0.2) is 0 Å². The highest BCUT2D eigenvalue weighted by atomic mass is 14.3. The standard InChI is InChI=1S/C42H24/c1-2-12-28-25(9-1)19-22-35(36-23-20-26-10-7-17-31-29-13-3-5-15-33(29)41(36)38(26)31)40(28)37-24-21-27-11-8-18-32-30-14-4-6-16-34(30)42(37)39(27)32/h1-24H. The zero-order chi connectivity index (χ0) is 27.4. The van der Waals surface area contributed by atoms with Gasteiger partial charge < -0.3 is 0 Å². The van der Waals surface area contributed by atoms with Gasteiger partial charge in [-0.2, -0.15) is 0 Å². The number of benzene rings is 8. The van der Waals surface area contributed by atoms with E-state index in [1.165, 1.54) is 99.1 Å². The molecule has 192 valence electrons. The minimum absolute atomic E-state index is 1.27. The van der Waals surface area contributed by atoms with Gasteiger partial charge in [-0.15, -0.1) is 0 Å². The summed E-state index contributed by atoms with van der Waals surface area (Å²) in [6.07, 6.45) is 0. The third kappa shape index (κ3) is 2.77. The summed E-state index contributed by atoms with van der Waals surface area (Å²) in [7, 11) is 0. The second-order valence-corrected chi connectivity index (χ2v) is 11.6. The molecule has 2 aliphatic rings. The van der Waals surface area contributed by atoms with Crippen LogP contribution in [0.3, 0.4) is 0 Å². The van der Waals surface area contributed by atoms with Gasteiger partial charge in [0.1, 0.15) is 0 Å². The van der Waals surface area contributed by atoms with E-state index >= 15 is 0 Å². The van der Waals surface area contributed by atoms with E-state index in [0.29, 0.717) is 0 Å². The summed E-state index contributed by atoms with van der Waals surface area (Å²) in [4.78, 5) is 0. The minimum atomic E-state index is 1.27. The molecule has 0 heterocycles. The molecule has 0 spiro atoms. The third-order valence-electron chi connectivity index (χ3n) is 9.55. The fraction of sp³-hybridized carbons (Fsp3) is 0. The normalized spacial score (nSPS) is 12.3. The molecule has 0 fully saturated rings. The van der Waals surface area contributed by atoms with Crippen LogP contribution in [0.25, 0.3) is 99.1 Å². The Kier molecular flexibility index (Phi) is 4.27. The number of hydrogen-bond acceptors (Lipinski definition) is 0. The van der Waals surface area contributed by atoms with E-state index in [9.17, 15) is 0 Å². The molecule has 0 saturated heterocycles. The maximum Gasteiger partial charge on any atom is -0.00139 e. The highest BCUT2D eigenvalue weighted by Crippen LogP contribution is 2.56. The average molecular weight is 529 g/mol. The van der Waals surface area contributed by atoms with Gasteiger partial charge in [0.05, 0.1) is 0 Å². The van der Waals surface area contributed by atoms with E-state index in [4.69, 9.17) is 0 Å². The van der Waals surface area contributed by atoms with Crippen LogP contribution in [-0.2, 0) is 0 Å². The fourth-order valence-electron chi connectivity index (χ4n) is 7.86. The van der Waals surface area contributed by atoms with Gasteiger partial charge >= 0.3 is 0 Å². The molecule has 8 aromatic carbocycles. The molecular formula is C42H24. The summed E-state index contributed by atoms with van der Waals surface area (Å²) in [6, 6.07) is 54.2. The molecule has 0 saturated carbocycles. The lowest BCUT2D eigenvalue weighted by molar-refractivity contribution is 1.63. The van der Waals surface area contributed by atoms with Crippen molar-refractivity contribution >= 4 is 32.3 Å². The summed E-state index contributed by atoms with van der Waals surface area (Å²) in [5.41, 5.74) is 15.9. The van der Waals surface area contributed by atoms with Crippen LogP contribution in [0, 0.1) is 0 Å². The third-order valence-corrected chi connectivity index (χ3v) is 9.55. The van der Waals surface area contributed by atoms with Crippen molar-refractivity contribution in [2.75, 3.05) is 0 Å². The summed E-state index contributed by atoms with van der Waals surface area (Å²) < 4.78 is 0. The van der Waals surface area contributed by atoms with Crippen molar-refractivity contribution in [1.82, 2.24) is 0 Å². The van der Waals surface area contributed by atoms with Crippen molar-refractivity contribution in [3.63, 3.8) is 0 Å². The summed E-state index contributed by atoms with van der Waals surface area (Å²) in [5.74, 6) is 0. The number of hydrogen-bond donors (Lipinski definition) is 0. The van der Waals surface area contributed by atoms with Crippen molar-refractivity contribution in [2.24, 2.45) is 0 Å². The van der Waals surface area contributed by atoms with Gasteiger partial charge in [-0.3, -0.25) is 0 Å². The van der Waals surface area contributed by atoms with Crippen LogP contribution in [0.4, 0.5) is 0 Å². The van der Waals surface area contributed by atoms with Gasteiger partial charge in [-0.1, -0.05) is 146 Å². The van der Waals surface area contributed by atoms with Crippen LogP contribution < -0.4 is 0 Å². The zero-order valence-electron chi connectivity index (χ0n) is 22.9. The molecule has 0 aromatic heterocycles. The van der Waals surface area contributed by atoms with E-state index in [2.05, 4.69) is 146 Å². The Labute approximate surface area is 244 Å². The molecule has 0 radical (unpaired) electrons. The largest absolute Gasteiger partial charge is 0.0616 e. The summed E-state index contributed by atoms with van der Waals surface area (Å²) in [6.45, 7) is 0. The molecule has 0 amide bonds. The maximum atomic E-state index is 2.37. The Morgan fingerprint density at radius 2 is 0.643 bits per heavy atom. The first-order chi connectivity index (χ1) is 20.9. The Hall–Kier alpha value is -5.46.